The Kier molecular flexibility index (Phi) is 3.00. The third-order valence-electron chi connectivity index (χ3n) is 3.86. The third kappa shape index (κ3) is 2.21. The molecular weight excluding hydrogens is 294 g/mol. The van der Waals surface area contributed by atoms with Crippen molar-refractivity contribution in [2.45, 2.75) is 26.8 Å². The molecule has 3 heterocycles. The highest BCUT2D eigenvalue weighted by atomic mass is 16.5. The number of aromatic amines is 1. The van der Waals surface area contributed by atoms with Crippen molar-refractivity contribution in [2.75, 3.05) is 0 Å². The van der Waals surface area contributed by atoms with Gasteiger partial charge in [0.05, 0.1) is 6.33 Å². The van der Waals surface area contributed by atoms with Gasteiger partial charge >= 0.3 is 0 Å². The van der Waals surface area contributed by atoms with Gasteiger partial charge in [0.1, 0.15) is 17.6 Å². The minimum Gasteiger partial charge on any atom is -0.349 e. The number of H-pyrrole nitrogens is 1. The van der Waals surface area contributed by atoms with Gasteiger partial charge in [-0.05, 0) is 19.1 Å². The van der Waals surface area contributed by atoms with Gasteiger partial charge in [-0.1, -0.05) is 23.7 Å². The zero-order valence-electron chi connectivity index (χ0n) is 12.8. The van der Waals surface area contributed by atoms with Crippen molar-refractivity contribution >= 4 is 21.9 Å². The summed E-state index contributed by atoms with van der Waals surface area (Å²) in [6.07, 6.45) is 2.22. The van der Waals surface area contributed by atoms with Gasteiger partial charge in [-0.25, -0.2) is 4.98 Å². The molecule has 0 radical (unpaired) electrons. The molecule has 0 unspecified atom stereocenters. The zero-order valence-corrected chi connectivity index (χ0v) is 12.8. The number of benzene rings is 1. The molecular formula is C16H15N5O2. The summed E-state index contributed by atoms with van der Waals surface area (Å²) in [4.78, 5) is 24.5. The van der Waals surface area contributed by atoms with E-state index < -0.39 is 0 Å². The Morgan fingerprint density at radius 3 is 3.00 bits per heavy atom. The topological polar surface area (TPSA) is 89.6 Å². The molecule has 7 heteroatoms. The first-order valence-corrected chi connectivity index (χ1v) is 7.44. The van der Waals surface area contributed by atoms with Gasteiger partial charge in [0, 0.05) is 17.3 Å². The molecule has 23 heavy (non-hydrogen) atoms. The van der Waals surface area contributed by atoms with E-state index in [0.717, 1.165) is 16.5 Å². The number of hydrogen-bond acceptors (Lipinski definition) is 5. The van der Waals surface area contributed by atoms with Crippen molar-refractivity contribution in [3.8, 4) is 0 Å². The van der Waals surface area contributed by atoms with Crippen LogP contribution in [0.2, 0.25) is 0 Å². The average Bonchev–Trinajstić information content (AvgIpc) is 3.14. The molecule has 0 aliphatic rings. The minimum absolute atomic E-state index is 0.153. The summed E-state index contributed by atoms with van der Waals surface area (Å²) in [5.41, 5.74) is 3.05. The number of aromatic nitrogens is 5. The second kappa shape index (κ2) is 5.05. The Morgan fingerprint density at radius 2 is 2.22 bits per heavy atom. The van der Waals surface area contributed by atoms with E-state index >= 15 is 0 Å². The van der Waals surface area contributed by atoms with E-state index in [0.29, 0.717) is 29.2 Å². The van der Waals surface area contributed by atoms with Crippen LogP contribution in [-0.4, -0.2) is 24.7 Å². The molecule has 116 valence electrons. The summed E-state index contributed by atoms with van der Waals surface area (Å²) in [5.74, 6) is 1.03. The number of nitrogens with zero attached hydrogens (tertiary/aromatic N) is 4. The molecule has 0 fully saturated rings. The molecule has 3 aromatic heterocycles. The van der Waals surface area contributed by atoms with E-state index in [1.807, 2.05) is 32.0 Å². The maximum Gasteiger partial charge on any atom is 0.278 e. The molecule has 1 aromatic carbocycles. The minimum atomic E-state index is -0.153. The number of rotatable bonds is 3. The first kappa shape index (κ1) is 13.7. The molecule has 4 aromatic rings. The standard InChI is InChI=1S/C16H15N5O2/c1-3-12-19-13(23-20-12)7-21-8-17-14-10-6-9(2)4-5-11(10)18-15(14)16(21)22/h4-6,8,18H,3,7H2,1-2H3. The van der Waals surface area contributed by atoms with E-state index in [9.17, 15) is 4.79 Å². The smallest absolute Gasteiger partial charge is 0.278 e. The number of aryl methyl sites for hydroxylation is 2. The largest absolute Gasteiger partial charge is 0.349 e. The van der Waals surface area contributed by atoms with Gasteiger partial charge in [-0.3, -0.25) is 9.36 Å². The highest BCUT2D eigenvalue weighted by Crippen LogP contribution is 2.22. The fraction of sp³-hybridized carbons (Fsp3) is 0.250. The fourth-order valence-electron chi connectivity index (χ4n) is 2.66. The summed E-state index contributed by atoms with van der Waals surface area (Å²) in [6, 6.07) is 5.99. The van der Waals surface area contributed by atoms with Crippen LogP contribution in [0.15, 0.2) is 33.8 Å². The zero-order chi connectivity index (χ0) is 16.0. The molecule has 0 saturated carbocycles. The molecule has 4 rings (SSSR count). The summed E-state index contributed by atoms with van der Waals surface area (Å²) in [6.45, 7) is 4.17. The normalized spacial score (nSPS) is 11.6. The maximum absolute atomic E-state index is 12.7. The Labute approximate surface area is 131 Å². The van der Waals surface area contributed by atoms with Gasteiger partial charge < -0.3 is 9.51 Å². The van der Waals surface area contributed by atoms with Gasteiger partial charge in [0.15, 0.2) is 5.82 Å². The Hall–Kier alpha value is -2.96. The quantitative estimate of drug-likeness (QED) is 0.626. The monoisotopic (exact) mass is 309 g/mol. The molecule has 1 N–H and O–H groups in total. The van der Waals surface area contributed by atoms with E-state index in [-0.39, 0.29) is 12.1 Å². The molecule has 0 saturated heterocycles. The SMILES string of the molecule is CCc1noc(Cn2cnc3c([nH]c4ccc(C)cc43)c2=O)n1. The molecule has 0 atom stereocenters. The Balaban J connectivity index is 1.84. The lowest BCUT2D eigenvalue weighted by atomic mass is 10.2. The van der Waals surface area contributed by atoms with Gasteiger partial charge in [0.25, 0.3) is 5.56 Å². The van der Waals surface area contributed by atoms with Gasteiger partial charge in [-0.15, -0.1) is 0 Å². The Bertz CT molecular complexity index is 1070. The lowest BCUT2D eigenvalue weighted by Gasteiger charge is -2.00. The van der Waals surface area contributed by atoms with Crippen molar-refractivity contribution in [1.29, 1.82) is 0 Å². The van der Waals surface area contributed by atoms with Crippen LogP contribution in [0.25, 0.3) is 21.9 Å². The van der Waals surface area contributed by atoms with Crippen molar-refractivity contribution in [3.05, 3.63) is 52.2 Å². The second-order valence-electron chi connectivity index (χ2n) is 5.53. The van der Waals surface area contributed by atoms with Crippen LogP contribution >= 0.6 is 0 Å². The van der Waals surface area contributed by atoms with Crippen molar-refractivity contribution in [3.63, 3.8) is 0 Å². The lowest BCUT2D eigenvalue weighted by molar-refractivity contribution is 0.365. The summed E-state index contributed by atoms with van der Waals surface area (Å²) in [7, 11) is 0. The Morgan fingerprint density at radius 1 is 1.35 bits per heavy atom. The van der Waals surface area contributed by atoms with E-state index in [4.69, 9.17) is 4.52 Å². The molecule has 0 spiro atoms. The molecule has 0 aliphatic heterocycles. The number of hydrogen-bond donors (Lipinski definition) is 1. The van der Waals surface area contributed by atoms with Crippen LogP contribution < -0.4 is 5.56 Å². The van der Waals surface area contributed by atoms with Crippen molar-refractivity contribution in [1.82, 2.24) is 24.7 Å². The van der Waals surface area contributed by atoms with E-state index in [1.54, 1.807) is 0 Å². The summed E-state index contributed by atoms with van der Waals surface area (Å²) in [5, 5.41) is 4.79. The fourth-order valence-corrected chi connectivity index (χ4v) is 2.66. The predicted octanol–water partition coefficient (Wildman–Crippen LogP) is 2.18. The van der Waals surface area contributed by atoms with Crippen LogP contribution in [0.1, 0.15) is 24.2 Å². The molecule has 0 amide bonds. The highest BCUT2D eigenvalue weighted by molar-refractivity contribution is 6.04. The highest BCUT2D eigenvalue weighted by Gasteiger charge is 2.13. The number of fused-ring (bicyclic) bond motifs is 3. The van der Waals surface area contributed by atoms with Crippen molar-refractivity contribution < 1.29 is 4.52 Å². The van der Waals surface area contributed by atoms with Gasteiger partial charge in [0.2, 0.25) is 5.89 Å². The second-order valence-corrected chi connectivity index (χ2v) is 5.53. The average molecular weight is 309 g/mol. The summed E-state index contributed by atoms with van der Waals surface area (Å²) >= 11 is 0. The van der Waals surface area contributed by atoms with Crippen LogP contribution in [0.5, 0.6) is 0 Å². The van der Waals surface area contributed by atoms with Gasteiger partial charge in [-0.2, -0.15) is 4.98 Å². The van der Waals surface area contributed by atoms with Crippen LogP contribution in [0.4, 0.5) is 0 Å². The first-order valence-electron chi connectivity index (χ1n) is 7.44. The lowest BCUT2D eigenvalue weighted by Crippen LogP contribution is -2.21. The molecule has 0 bridgehead atoms. The van der Waals surface area contributed by atoms with E-state index in [1.165, 1.54) is 10.9 Å². The third-order valence-corrected chi connectivity index (χ3v) is 3.86. The van der Waals surface area contributed by atoms with Crippen LogP contribution in [0.3, 0.4) is 0 Å². The maximum atomic E-state index is 12.7. The molecule has 0 aliphatic carbocycles. The van der Waals surface area contributed by atoms with Crippen LogP contribution in [0, 0.1) is 6.92 Å². The van der Waals surface area contributed by atoms with Crippen molar-refractivity contribution in [2.24, 2.45) is 0 Å². The predicted molar refractivity (Wildman–Crippen MR) is 85.4 cm³/mol. The number of nitrogens with one attached hydrogen (secondary N) is 1. The van der Waals surface area contributed by atoms with Crippen LogP contribution in [-0.2, 0) is 13.0 Å². The molecule has 7 nitrogen and oxygen atoms in total. The van der Waals surface area contributed by atoms with E-state index in [2.05, 4.69) is 20.1 Å². The first-order chi connectivity index (χ1) is 11.2. The summed E-state index contributed by atoms with van der Waals surface area (Å²) < 4.78 is 6.61.